The summed E-state index contributed by atoms with van der Waals surface area (Å²) in [7, 11) is 1.33. The average molecular weight is 313 g/mol. The number of methoxy groups -OCH3 is 1. The van der Waals surface area contributed by atoms with E-state index in [-0.39, 0.29) is 29.8 Å². The third-order valence-corrected chi connectivity index (χ3v) is 3.90. The summed E-state index contributed by atoms with van der Waals surface area (Å²) in [5, 5.41) is 11.2. The Bertz CT molecular complexity index is 643. The van der Waals surface area contributed by atoms with Crippen molar-refractivity contribution < 1.29 is 14.5 Å². The average Bonchev–Trinajstić information content (AvgIpc) is 2.59. The molecule has 0 aliphatic heterocycles. The van der Waals surface area contributed by atoms with E-state index >= 15 is 0 Å². The smallest absolute Gasteiger partial charge is 0.306 e. The van der Waals surface area contributed by atoms with Crippen molar-refractivity contribution >= 4 is 5.97 Å². The molecular formula is C18H19NO4. The molecule has 23 heavy (non-hydrogen) atoms. The predicted molar refractivity (Wildman–Crippen MR) is 86.9 cm³/mol. The molecule has 0 N–H and O–H groups in total. The second-order valence-electron chi connectivity index (χ2n) is 5.33. The molecule has 0 radical (unpaired) electrons. The van der Waals surface area contributed by atoms with Gasteiger partial charge in [0.2, 0.25) is 6.54 Å². The minimum Gasteiger partial charge on any atom is -0.469 e. The predicted octanol–water partition coefficient (Wildman–Crippen LogP) is 3.39. The van der Waals surface area contributed by atoms with Gasteiger partial charge in [-0.15, -0.1) is 0 Å². The van der Waals surface area contributed by atoms with Crippen LogP contribution in [-0.2, 0) is 9.53 Å². The van der Waals surface area contributed by atoms with Crippen molar-refractivity contribution in [3.63, 3.8) is 0 Å². The Kier molecular flexibility index (Phi) is 5.86. The molecule has 0 aliphatic rings. The molecule has 0 spiro atoms. The van der Waals surface area contributed by atoms with Gasteiger partial charge in [0, 0.05) is 10.8 Å². The van der Waals surface area contributed by atoms with E-state index in [4.69, 9.17) is 4.74 Å². The molecular weight excluding hydrogens is 294 g/mol. The molecule has 0 amide bonds. The number of rotatable bonds is 7. The van der Waals surface area contributed by atoms with E-state index in [1.54, 1.807) is 0 Å². The van der Waals surface area contributed by atoms with E-state index < -0.39 is 5.92 Å². The molecule has 0 heterocycles. The van der Waals surface area contributed by atoms with Crippen molar-refractivity contribution in [1.82, 2.24) is 0 Å². The maximum atomic E-state index is 11.8. The van der Waals surface area contributed by atoms with Gasteiger partial charge in [0.1, 0.15) is 0 Å². The Morgan fingerprint density at radius 2 is 1.48 bits per heavy atom. The van der Waals surface area contributed by atoms with Crippen LogP contribution < -0.4 is 0 Å². The number of carbonyl (C=O) groups is 1. The quantitative estimate of drug-likeness (QED) is 0.446. The molecule has 0 saturated carbocycles. The van der Waals surface area contributed by atoms with E-state index in [2.05, 4.69) is 0 Å². The summed E-state index contributed by atoms with van der Waals surface area (Å²) < 4.78 is 4.78. The third kappa shape index (κ3) is 4.64. The first kappa shape index (κ1) is 16.7. The van der Waals surface area contributed by atoms with Crippen molar-refractivity contribution in [2.24, 2.45) is 0 Å². The van der Waals surface area contributed by atoms with Gasteiger partial charge in [-0.25, -0.2) is 0 Å². The van der Waals surface area contributed by atoms with E-state index in [0.717, 1.165) is 11.1 Å². The lowest BCUT2D eigenvalue weighted by Gasteiger charge is -2.24. The maximum absolute atomic E-state index is 11.8. The number of hydrogen-bond acceptors (Lipinski definition) is 4. The fourth-order valence-electron chi connectivity index (χ4n) is 2.78. The zero-order chi connectivity index (χ0) is 16.7. The normalized spacial score (nSPS) is 13.1. The van der Waals surface area contributed by atoms with Gasteiger partial charge < -0.3 is 4.74 Å². The van der Waals surface area contributed by atoms with Crippen LogP contribution >= 0.6 is 0 Å². The van der Waals surface area contributed by atoms with Gasteiger partial charge in [0.25, 0.3) is 0 Å². The topological polar surface area (TPSA) is 69.4 Å². The SMILES string of the molecule is COC(=O)C[C@H](c1ccccc1)[C@@H](C[N+](=O)[O-])c1ccccc1. The van der Waals surface area contributed by atoms with E-state index in [1.807, 2.05) is 60.7 Å². The van der Waals surface area contributed by atoms with Crippen LogP contribution in [0.15, 0.2) is 60.7 Å². The number of nitro groups is 1. The first-order valence-electron chi connectivity index (χ1n) is 7.40. The lowest BCUT2D eigenvalue weighted by atomic mass is 9.79. The molecule has 0 fully saturated rings. The van der Waals surface area contributed by atoms with Gasteiger partial charge in [-0.05, 0) is 11.1 Å². The van der Waals surface area contributed by atoms with Crippen LogP contribution in [0.3, 0.4) is 0 Å². The van der Waals surface area contributed by atoms with E-state index in [1.165, 1.54) is 7.11 Å². The Labute approximate surface area is 135 Å². The molecule has 2 rings (SSSR count). The van der Waals surface area contributed by atoms with Crippen molar-refractivity contribution in [3.8, 4) is 0 Å². The molecule has 5 heteroatoms. The highest BCUT2D eigenvalue weighted by Gasteiger charge is 2.31. The molecule has 0 aliphatic carbocycles. The summed E-state index contributed by atoms with van der Waals surface area (Å²) in [6.07, 6.45) is 0.105. The van der Waals surface area contributed by atoms with Crippen molar-refractivity contribution in [2.75, 3.05) is 13.7 Å². The van der Waals surface area contributed by atoms with Crippen LogP contribution in [0.2, 0.25) is 0 Å². The van der Waals surface area contributed by atoms with Gasteiger partial charge in [-0.2, -0.15) is 0 Å². The Hall–Kier alpha value is -2.69. The Balaban J connectivity index is 2.42. The second-order valence-corrected chi connectivity index (χ2v) is 5.33. The van der Waals surface area contributed by atoms with Gasteiger partial charge in [0.15, 0.2) is 0 Å². The largest absolute Gasteiger partial charge is 0.469 e. The van der Waals surface area contributed by atoms with Crippen molar-refractivity contribution in [3.05, 3.63) is 81.9 Å². The summed E-state index contributed by atoms with van der Waals surface area (Å²) in [5.74, 6) is -1.08. The lowest BCUT2D eigenvalue weighted by molar-refractivity contribution is -0.484. The lowest BCUT2D eigenvalue weighted by Crippen LogP contribution is -2.23. The molecule has 0 unspecified atom stereocenters. The molecule has 0 saturated heterocycles. The van der Waals surface area contributed by atoms with Crippen LogP contribution in [0, 0.1) is 10.1 Å². The molecule has 5 nitrogen and oxygen atoms in total. The first-order chi connectivity index (χ1) is 11.1. The van der Waals surface area contributed by atoms with Crippen molar-refractivity contribution in [1.29, 1.82) is 0 Å². The number of nitrogens with zero attached hydrogens (tertiary/aromatic N) is 1. The summed E-state index contributed by atoms with van der Waals surface area (Å²) in [6.45, 7) is -0.236. The zero-order valence-corrected chi connectivity index (χ0v) is 12.9. The molecule has 2 aromatic carbocycles. The van der Waals surface area contributed by atoms with Crippen LogP contribution in [0.5, 0.6) is 0 Å². The minimum absolute atomic E-state index is 0.105. The highest BCUT2D eigenvalue weighted by molar-refractivity contribution is 5.70. The maximum Gasteiger partial charge on any atom is 0.306 e. The fourth-order valence-corrected chi connectivity index (χ4v) is 2.78. The summed E-state index contributed by atoms with van der Waals surface area (Å²) >= 11 is 0. The Morgan fingerprint density at radius 1 is 1.00 bits per heavy atom. The summed E-state index contributed by atoms with van der Waals surface area (Å²) in [6, 6.07) is 18.7. The highest BCUT2D eigenvalue weighted by atomic mass is 16.6. The monoisotopic (exact) mass is 313 g/mol. The number of hydrogen-bond donors (Lipinski definition) is 0. The number of benzene rings is 2. The second kappa shape index (κ2) is 8.08. The van der Waals surface area contributed by atoms with E-state index in [9.17, 15) is 14.9 Å². The van der Waals surface area contributed by atoms with Crippen LogP contribution in [-0.4, -0.2) is 24.5 Å². The number of esters is 1. The van der Waals surface area contributed by atoms with Crippen molar-refractivity contribution in [2.45, 2.75) is 18.3 Å². The minimum atomic E-state index is -0.396. The number of ether oxygens (including phenoxy) is 1. The Morgan fingerprint density at radius 3 is 1.91 bits per heavy atom. The van der Waals surface area contributed by atoms with Gasteiger partial charge >= 0.3 is 5.97 Å². The molecule has 2 atom stereocenters. The summed E-state index contributed by atoms with van der Waals surface area (Å²) in [4.78, 5) is 22.7. The van der Waals surface area contributed by atoms with Crippen LogP contribution in [0.4, 0.5) is 0 Å². The van der Waals surface area contributed by atoms with Gasteiger partial charge in [-0.3, -0.25) is 14.9 Å². The van der Waals surface area contributed by atoms with Crippen LogP contribution in [0.25, 0.3) is 0 Å². The molecule has 0 aromatic heterocycles. The fraction of sp³-hybridized carbons (Fsp3) is 0.278. The molecule has 120 valence electrons. The van der Waals surface area contributed by atoms with E-state index in [0.29, 0.717) is 0 Å². The number of carbonyl (C=O) groups excluding carboxylic acids is 1. The summed E-state index contributed by atoms with van der Waals surface area (Å²) in [5.41, 5.74) is 1.75. The molecule has 2 aromatic rings. The third-order valence-electron chi connectivity index (χ3n) is 3.90. The van der Waals surface area contributed by atoms with Gasteiger partial charge in [0.05, 0.1) is 19.4 Å². The van der Waals surface area contributed by atoms with Crippen LogP contribution in [0.1, 0.15) is 29.4 Å². The zero-order valence-electron chi connectivity index (χ0n) is 12.9. The highest BCUT2D eigenvalue weighted by Crippen LogP contribution is 2.36. The first-order valence-corrected chi connectivity index (χ1v) is 7.40. The standard InChI is InChI=1S/C18H19NO4/c1-23-18(20)12-16(14-8-4-2-5-9-14)17(13-19(21)22)15-10-6-3-7-11-15/h2-11,16-17H,12-13H2,1H3/t16-,17+/m1/s1. The van der Waals surface area contributed by atoms with Gasteiger partial charge in [-0.1, -0.05) is 60.7 Å². The molecule has 0 bridgehead atoms.